The molecule has 0 aliphatic rings. The SMILES string of the molecule is N#Cc1cc(C#N)cc(-n2c3ccccc3c3cc4c(cc32)sc2ccccc24)c1. The molecule has 2 heterocycles. The van der Waals surface area contributed by atoms with E-state index in [0.29, 0.717) is 11.1 Å². The fourth-order valence-electron chi connectivity index (χ4n) is 4.34. The number of hydrogen-bond acceptors (Lipinski definition) is 3. The molecule has 0 aliphatic heterocycles. The Bertz CT molecular complexity index is 1690. The van der Waals surface area contributed by atoms with Crippen LogP contribution in [-0.4, -0.2) is 4.57 Å². The zero-order valence-corrected chi connectivity index (χ0v) is 16.6. The molecular formula is C26H13N3S. The molecule has 0 bridgehead atoms. The molecule has 6 rings (SSSR count). The molecule has 0 saturated heterocycles. The molecule has 3 nitrogen and oxygen atoms in total. The number of hydrogen-bond donors (Lipinski definition) is 0. The molecule has 0 fully saturated rings. The first-order chi connectivity index (χ1) is 14.8. The summed E-state index contributed by atoms with van der Waals surface area (Å²) in [6, 6.07) is 31.0. The van der Waals surface area contributed by atoms with E-state index in [1.165, 1.54) is 25.6 Å². The van der Waals surface area contributed by atoms with Gasteiger partial charge in [-0.1, -0.05) is 36.4 Å². The smallest absolute Gasteiger partial charge is 0.0992 e. The number of nitrogens with zero attached hydrogens (tertiary/aromatic N) is 3. The maximum atomic E-state index is 9.46. The predicted octanol–water partition coefficient (Wildman–Crippen LogP) is 6.89. The van der Waals surface area contributed by atoms with Crippen LogP contribution in [0.25, 0.3) is 47.7 Å². The fourth-order valence-corrected chi connectivity index (χ4v) is 5.46. The van der Waals surface area contributed by atoms with Crippen molar-refractivity contribution >= 4 is 53.3 Å². The van der Waals surface area contributed by atoms with Crippen LogP contribution in [0.1, 0.15) is 11.1 Å². The lowest BCUT2D eigenvalue weighted by atomic mass is 10.1. The summed E-state index contributed by atoms with van der Waals surface area (Å²) in [4.78, 5) is 0. The Morgan fingerprint density at radius 2 is 1.30 bits per heavy atom. The van der Waals surface area contributed by atoms with Crippen molar-refractivity contribution in [3.05, 3.63) is 90.0 Å². The first-order valence-electron chi connectivity index (χ1n) is 9.57. The van der Waals surface area contributed by atoms with Gasteiger partial charge in [-0.25, -0.2) is 0 Å². The molecule has 4 aromatic carbocycles. The van der Waals surface area contributed by atoms with Gasteiger partial charge in [0.1, 0.15) is 0 Å². The lowest BCUT2D eigenvalue weighted by Gasteiger charge is -2.09. The minimum absolute atomic E-state index is 0.484. The van der Waals surface area contributed by atoms with Crippen molar-refractivity contribution in [1.29, 1.82) is 10.5 Å². The summed E-state index contributed by atoms with van der Waals surface area (Å²) in [5.74, 6) is 0. The number of thiophene rings is 1. The van der Waals surface area contributed by atoms with E-state index in [1.807, 2.05) is 18.2 Å². The maximum absolute atomic E-state index is 9.46. The van der Waals surface area contributed by atoms with Gasteiger partial charge in [0, 0.05) is 36.6 Å². The topological polar surface area (TPSA) is 52.5 Å². The second-order valence-electron chi connectivity index (χ2n) is 7.31. The van der Waals surface area contributed by atoms with Crippen LogP contribution in [0.5, 0.6) is 0 Å². The number of rotatable bonds is 1. The molecular weight excluding hydrogens is 386 g/mol. The molecule has 4 heteroatoms. The number of benzene rings is 4. The standard InChI is InChI=1S/C26H13N3S/c27-14-16-9-17(15-28)11-18(10-16)29-23-7-3-1-5-19(23)21-12-22-20-6-2-4-8-25(20)30-26(22)13-24(21)29/h1-13H. The second kappa shape index (κ2) is 6.19. The van der Waals surface area contributed by atoms with E-state index in [-0.39, 0.29) is 0 Å². The molecule has 6 aromatic rings. The quantitative estimate of drug-likeness (QED) is 0.302. The molecule has 30 heavy (non-hydrogen) atoms. The number of para-hydroxylation sites is 1. The molecule has 0 spiro atoms. The average Bonchev–Trinajstić information content (AvgIpc) is 3.32. The summed E-state index contributed by atoms with van der Waals surface area (Å²) in [5, 5.41) is 23.8. The van der Waals surface area contributed by atoms with E-state index in [2.05, 4.69) is 71.3 Å². The summed E-state index contributed by atoms with van der Waals surface area (Å²) in [6.45, 7) is 0. The lowest BCUT2D eigenvalue weighted by Crippen LogP contribution is -1.96. The third-order valence-corrected chi connectivity index (χ3v) is 6.74. The number of nitriles is 2. The van der Waals surface area contributed by atoms with Crippen molar-refractivity contribution < 1.29 is 0 Å². The van der Waals surface area contributed by atoms with E-state index in [9.17, 15) is 10.5 Å². The van der Waals surface area contributed by atoms with Gasteiger partial charge in [-0.05, 0) is 42.5 Å². The largest absolute Gasteiger partial charge is 0.309 e. The normalized spacial score (nSPS) is 11.3. The first-order valence-corrected chi connectivity index (χ1v) is 10.4. The second-order valence-corrected chi connectivity index (χ2v) is 8.39. The minimum Gasteiger partial charge on any atom is -0.309 e. The third-order valence-electron chi connectivity index (χ3n) is 5.61. The Balaban J connectivity index is 1.80. The molecule has 0 saturated carbocycles. The first kappa shape index (κ1) is 16.8. The third kappa shape index (κ3) is 2.29. The van der Waals surface area contributed by atoms with Gasteiger partial charge >= 0.3 is 0 Å². The summed E-state index contributed by atoms with van der Waals surface area (Å²) in [6.07, 6.45) is 0. The molecule has 0 N–H and O–H groups in total. The highest BCUT2D eigenvalue weighted by Gasteiger charge is 2.16. The van der Waals surface area contributed by atoms with Crippen molar-refractivity contribution in [3.8, 4) is 17.8 Å². The maximum Gasteiger partial charge on any atom is 0.0992 e. The van der Waals surface area contributed by atoms with Crippen LogP contribution in [0.15, 0.2) is 78.9 Å². The minimum atomic E-state index is 0.484. The van der Waals surface area contributed by atoms with Crippen LogP contribution in [0, 0.1) is 22.7 Å². The van der Waals surface area contributed by atoms with Crippen molar-refractivity contribution in [1.82, 2.24) is 4.57 Å². The Morgan fingerprint density at radius 3 is 2.07 bits per heavy atom. The van der Waals surface area contributed by atoms with E-state index >= 15 is 0 Å². The van der Waals surface area contributed by atoms with Crippen molar-refractivity contribution in [2.24, 2.45) is 0 Å². The van der Waals surface area contributed by atoms with E-state index in [1.54, 1.807) is 17.4 Å². The summed E-state index contributed by atoms with van der Waals surface area (Å²) in [5.41, 5.74) is 3.94. The van der Waals surface area contributed by atoms with Crippen LogP contribution < -0.4 is 0 Å². The molecule has 2 aromatic heterocycles. The van der Waals surface area contributed by atoms with Gasteiger partial charge in [0.2, 0.25) is 0 Å². The summed E-state index contributed by atoms with van der Waals surface area (Å²) in [7, 11) is 0. The highest BCUT2D eigenvalue weighted by atomic mass is 32.1. The van der Waals surface area contributed by atoms with Gasteiger partial charge in [-0.3, -0.25) is 0 Å². The van der Waals surface area contributed by atoms with Gasteiger partial charge in [0.25, 0.3) is 0 Å². The van der Waals surface area contributed by atoms with E-state index in [4.69, 9.17) is 0 Å². The highest BCUT2D eigenvalue weighted by molar-refractivity contribution is 7.25. The monoisotopic (exact) mass is 399 g/mol. The van der Waals surface area contributed by atoms with Crippen molar-refractivity contribution in [2.75, 3.05) is 0 Å². The number of fused-ring (bicyclic) bond motifs is 6. The molecule has 0 amide bonds. The van der Waals surface area contributed by atoms with Crippen LogP contribution in [0.4, 0.5) is 0 Å². The fraction of sp³-hybridized carbons (Fsp3) is 0. The number of aromatic nitrogens is 1. The highest BCUT2D eigenvalue weighted by Crippen LogP contribution is 2.40. The Kier molecular flexibility index (Phi) is 3.47. The summed E-state index contributed by atoms with van der Waals surface area (Å²) < 4.78 is 4.66. The molecule has 0 atom stereocenters. The summed E-state index contributed by atoms with van der Waals surface area (Å²) >= 11 is 1.79. The van der Waals surface area contributed by atoms with Crippen molar-refractivity contribution in [2.45, 2.75) is 0 Å². The molecule has 0 unspecified atom stereocenters. The van der Waals surface area contributed by atoms with E-state index in [0.717, 1.165) is 22.1 Å². The van der Waals surface area contributed by atoms with E-state index < -0.39 is 0 Å². The zero-order chi connectivity index (χ0) is 20.2. The molecule has 138 valence electrons. The Morgan fingerprint density at radius 1 is 0.600 bits per heavy atom. The predicted molar refractivity (Wildman–Crippen MR) is 123 cm³/mol. The van der Waals surface area contributed by atoms with Gasteiger partial charge in [0.05, 0.1) is 34.3 Å². The van der Waals surface area contributed by atoms with Gasteiger partial charge < -0.3 is 4.57 Å². The van der Waals surface area contributed by atoms with Crippen LogP contribution >= 0.6 is 11.3 Å². The van der Waals surface area contributed by atoms with Crippen LogP contribution in [0.2, 0.25) is 0 Å². The molecule has 0 radical (unpaired) electrons. The molecule has 0 aliphatic carbocycles. The van der Waals surface area contributed by atoms with Gasteiger partial charge in [-0.2, -0.15) is 10.5 Å². The lowest BCUT2D eigenvalue weighted by molar-refractivity contribution is 1.17. The van der Waals surface area contributed by atoms with Crippen LogP contribution in [0.3, 0.4) is 0 Å². The van der Waals surface area contributed by atoms with Gasteiger partial charge in [-0.15, -0.1) is 11.3 Å². The van der Waals surface area contributed by atoms with Gasteiger partial charge in [0.15, 0.2) is 0 Å². The Labute approximate surface area is 176 Å². The van der Waals surface area contributed by atoms with Crippen LogP contribution in [-0.2, 0) is 0 Å². The average molecular weight is 399 g/mol. The van der Waals surface area contributed by atoms with Crippen molar-refractivity contribution in [3.63, 3.8) is 0 Å². The Hall–Kier alpha value is -4.12. The zero-order valence-electron chi connectivity index (χ0n) is 15.8.